The Morgan fingerprint density at radius 2 is 1.82 bits per heavy atom. The van der Waals surface area contributed by atoms with E-state index in [0.717, 1.165) is 28.8 Å². The Labute approximate surface area is 164 Å². The van der Waals surface area contributed by atoms with E-state index in [1.165, 1.54) is 12.1 Å². The van der Waals surface area contributed by atoms with Gasteiger partial charge in [-0.25, -0.2) is 14.4 Å². The van der Waals surface area contributed by atoms with Gasteiger partial charge >= 0.3 is 0 Å². The summed E-state index contributed by atoms with van der Waals surface area (Å²) in [4.78, 5) is 21.3. The molecule has 0 saturated carbocycles. The molecule has 3 rings (SSSR count). The number of amides is 1. The minimum Gasteiger partial charge on any atom is -0.347 e. The van der Waals surface area contributed by atoms with Gasteiger partial charge in [-0.05, 0) is 55.2 Å². The van der Waals surface area contributed by atoms with Crippen LogP contribution in [0.15, 0.2) is 48.5 Å². The molecule has 0 atom stereocenters. The molecular formula is C22H23FN4O. The average molecular weight is 378 g/mol. The molecule has 2 N–H and O–H groups in total. The van der Waals surface area contributed by atoms with Crippen LogP contribution in [0.1, 0.15) is 39.8 Å². The SMILES string of the molecule is CCc1cccc(C)c1Nc1nc(C)cc(C(=O)NCc2ccc(F)cc2)n1. The van der Waals surface area contributed by atoms with Gasteiger partial charge in [0.2, 0.25) is 5.95 Å². The molecule has 5 nitrogen and oxygen atoms in total. The summed E-state index contributed by atoms with van der Waals surface area (Å²) in [6.07, 6.45) is 0.876. The Hall–Kier alpha value is -3.28. The number of carbonyl (C=O) groups excluding carboxylic acids is 1. The highest BCUT2D eigenvalue weighted by molar-refractivity contribution is 5.92. The van der Waals surface area contributed by atoms with Gasteiger partial charge in [0.15, 0.2) is 0 Å². The van der Waals surface area contributed by atoms with Crippen molar-refractivity contribution in [2.75, 3.05) is 5.32 Å². The lowest BCUT2D eigenvalue weighted by Crippen LogP contribution is -2.24. The molecule has 0 aliphatic carbocycles. The standard InChI is InChI=1S/C22H23FN4O/c1-4-17-7-5-6-14(2)20(17)27-22-25-15(3)12-19(26-22)21(28)24-13-16-8-10-18(23)11-9-16/h5-12H,4,13H2,1-3H3,(H,24,28)(H,25,26,27). The summed E-state index contributed by atoms with van der Waals surface area (Å²) in [5.41, 5.74) is 5.00. The van der Waals surface area contributed by atoms with E-state index in [-0.39, 0.29) is 17.4 Å². The third-order valence-corrected chi connectivity index (χ3v) is 4.43. The van der Waals surface area contributed by atoms with Crippen LogP contribution in [0, 0.1) is 19.7 Å². The first kappa shape index (κ1) is 19.5. The molecule has 1 amide bonds. The number of nitrogens with one attached hydrogen (secondary N) is 2. The zero-order chi connectivity index (χ0) is 20.1. The van der Waals surface area contributed by atoms with Crippen molar-refractivity contribution in [1.82, 2.24) is 15.3 Å². The summed E-state index contributed by atoms with van der Waals surface area (Å²) in [6, 6.07) is 13.7. The normalized spacial score (nSPS) is 10.6. The Bertz CT molecular complexity index is 986. The molecule has 0 fully saturated rings. The van der Waals surface area contributed by atoms with Crippen LogP contribution >= 0.6 is 0 Å². The van der Waals surface area contributed by atoms with Gasteiger partial charge in [0, 0.05) is 17.9 Å². The molecule has 0 bridgehead atoms. The predicted molar refractivity (Wildman–Crippen MR) is 108 cm³/mol. The van der Waals surface area contributed by atoms with E-state index in [9.17, 15) is 9.18 Å². The van der Waals surface area contributed by atoms with Gasteiger partial charge in [-0.1, -0.05) is 37.3 Å². The van der Waals surface area contributed by atoms with Crippen molar-refractivity contribution in [3.8, 4) is 0 Å². The van der Waals surface area contributed by atoms with Gasteiger partial charge in [0.1, 0.15) is 11.5 Å². The first-order valence-electron chi connectivity index (χ1n) is 9.20. The highest BCUT2D eigenvalue weighted by atomic mass is 19.1. The lowest BCUT2D eigenvalue weighted by molar-refractivity contribution is 0.0945. The second-order valence-electron chi connectivity index (χ2n) is 6.61. The number of para-hydroxylation sites is 1. The van der Waals surface area contributed by atoms with Gasteiger partial charge in [-0.2, -0.15) is 0 Å². The highest BCUT2D eigenvalue weighted by Crippen LogP contribution is 2.24. The lowest BCUT2D eigenvalue weighted by atomic mass is 10.1. The molecule has 144 valence electrons. The van der Waals surface area contributed by atoms with E-state index in [2.05, 4.69) is 33.6 Å². The fourth-order valence-electron chi connectivity index (χ4n) is 2.93. The van der Waals surface area contributed by atoms with Crippen molar-refractivity contribution in [3.05, 3.63) is 82.4 Å². The van der Waals surface area contributed by atoms with E-state index < -0.39 is 0 Å². The molecule has 0 unspecified atom stereocenters. The first-order valence-corrected chi connectivity index (χ1v) is 9.20. The van der Waals surface area contributed by atoms with Gasteiger partial charge in [0.25, 0.3) is 5.91 Å². The van der Waals surface area contributed by atoms with Gasteiger partial charge in [0.05, 0.1) is 0 Å². The third-order valence-electron chi connectivity index (χ3n) is 4.43. The van der Waals surface area contributed by atoms with Crippen molar-refractivity contribution in [3.63, 3.8) is 0 Å². The molecule has 0 radical (unpaired) electrons. The fourth-order valence-corrected chi connectivity index (χ4v) is 2.93. The van der Waals surface area contributed by atoms with E-state index >= 15 is 0 Å². The smallest absolute Gasteiger partial charge is 0.270 e. The van der Waals surface area contributed by atoms with Crippen molar-refractivity contribution < 1.29 is 9.18 Å². The maximum Gasteiger partial charge on any atom is 0.270 e. The number of benzene rings is 2. The number of hydrogen-bond donors (Lipinski definition) is 2. The van der Waals surface area contributed by atoms with Gasteiger partial charge in [-0.15, -0.1) is 0 Å². The molecule has 0 aliphatic heterocycles. The van der Waals surface area contributed by atoms with Crippen LogP contribution in [0.2, 0.25) is 0 Å². The average Bonchev–Trinajstić information content (AvgIpc) is 2.68. The second-order valence-corrected chi connectivity index (χ2v) is 6.61. The molecule has 2 aromatic carbocycles. The fraction of sp³-hybridized carbons (Fsp3) is 0.227. The summed E-state index contributed by atoms with van der Waals surface area (Å²) < 4.78 is 13.0. The van der Waals surface area contributed by atoms with Crippen LogP contribution < -0.4 is 10.6 Å². The Morgan fingerprint density at radius 1 is 1.07 bits per heavy atom. The number of aromatic nitrogens is 2. The topological polar surface area (TPSA) is 66.9 Å². The molecule has 6 heteroatoms. The second kappa shape index (κ2) is 8.61. The zero-order valence-electron chi connectivity index (χ0n) is 16.2. The summed E-state index contributed by atoms with van der Waals surface area (Å²) in [5.74, 6) is -0.228. The van der Waals surface area contributed by atoms with E-state index in [0.29, 0.717) is 18.2 Å². The molecule has 1 aromatic heterocycles. The van der Waals surface area contributed by atoms with E-state index in [1.807, 2.05) is 26.0 Å². The predicted octanol–water partition coefficient (Wildman–Crippen LogP) is 4.47. The Morgan fingerprint density at radius 3 is 2.54 bits per heavy atom. The molecule has 1 heterocycles. The number of halogens is 1. The number of hydrogen-bond acceptors (Lipinski definition) is 4. The molecule has 0 aliphatic rings. The maximum atomic E-state index is 13.0. The van der Waals surface area contributed by atoms with Gasteiger partial charge < -0.3 is 10.6 Å². The van der Waals surface area contributed by atoms with Crippen LogP contribution in [0.4, 0.5) is 16.0 Å². The molecule has 3 aromatic rings. The molecule has 28 heavy (non-hydrogen) atoms. The molecule has 0 saturated heterocycles. The largest absolute Gasteiger partial charge is 0.347 e. The zero-order valence-corrected chi connectivity index (χ0v) is 16.2. The third kappa shape index (κ3) is 4.71. The Balaban J connectivity index is 1.77. The first-order chi connectivity index (χ1) is 13.5. The monoisotopic (exact) mass is 378 g/mol. The number of aryl methyl sites for hydroxylation is 3. The van der Waals surface area contributed by atoms with Crippen LogP contribution in [0.25, 0.3) is 0 Å². The van der Waals surface area contributed by atoms with Crippen LogP contribution in [-0.2, 0) is 13.0 Å². The van der Waals surface area contributed by atoms with Gasteiger partial charge in [-0.3, -0.25) is 4.79 Å². The van der Waals surface area contributed by atoms with Crippen LogP contribution in [-0.4, -0.2) is 15.9 Å². The molecular weight excluding hydrogens is 355 g/mol. The minimum absolute atomic E-state index is 0.281. The lowest BCUT2D eigenvalue weighted by Gasteiger charge is -2.14. The number of rotatable bonds is 6. The van der Waals surface area contributed by atoms with Crippen LogP contribution in [0.5, 0.6) is 0 Å². The van der Waals surface area contributed by atoms with E-state index in [4.69, 9.17) is 0 Å². The number of anilines is 2. The highest BCUT2D eigenvalue weighted by Gasteiger charge is 2.12. The molecule has 0 spiro atoms. The van der Waals surface area contributed by atoms with Crippen molar-refractivity contribution in [2.24, 2.45) is 0 Å². The minimum atomic E-state index is -0.307. The van der Waals surface area contributed by atoms with Crippen molar-refractivity contribution >= 4 is 17.5 Å². The van der Waals surface area contributed by atoms with Crippen LogP contribution in [0.3, 0.4) is 0 Å². The van der Waals surface area contributed by atoms with E-state index in [1.54, 1.807) is 18.2 Å². The van der Waals surface area contributed by atoms with Crippen molar-refractivity contribution in [2.45, 2.75) is 33.7 Å². The quantitative estimate of drug-likeness (QED) is 0.664. The maximum absolute atomic E-state index is 13.0. The summed E-state index contributed by atoms with van der Waals surface area (Å²) >= 11 is 0. The summed E-state index contributed by atoms with van der Waals surface area (Å²) in [7, 11) is 0. The van der Waals surface area contributed by atoms with Crippen molar-refractivity contribution in [1.29, 1.82) is 0 Å². The Kier molecular flexibility index (Phi) is 5.99. The summed E-state index contributed by atoms with van der Waals surface area (Å²) in [5, 5.41) is 6.07. The summed E-state index contributed by atoms with van der Waals surface area (Å²) in [6.45, 7) is 6.23. The number of carbonyl (C=O) groups is 1. The number of nitrogens with zero attached hydrogens (tertiary/aromatic N) is 2.